The highest BCUT2D eigenvalue weighted by atomic mass is 35.5. The minimum Gasteiger partial charge on any atom is -0.478 e. The fraction of sp³-hybridized carbons (Fsp3) is 0.235. The molecule has 0 saturated carbocycles. The third-order valence-electron chi connectivity index (χ3n) is 3.88. The first kappa shape index (κ1) is 18.8. The van der Waals surface area contributed by atoms with Crippen LogP contribution in [0.25, 0.3) is 0 Å². The largest absolute Gasteiger partial charge is 0.478 e. The van der Waals surface area contributed by atoms with Gasteiger partial charge in [0.2, 0.25) is 10.0 Å². The number of fused-ring (bicyclic) bond motifs is 1. The van der Waals surface area contributed by atoms with E-state index < -0.39 is 22.0 Å². The highest BCUT2D eigenvalue weighted by molar-refractivity contribution is 7.92. The second kappa shape index (κ2) is 7.34. The Bertz CT molecular complexity index is 950. The van der Waals surface area contributed by atoms with Gasteiger partial charge in [0.1, 0.15) is 5.75 Å². The lowest BCUT2D eigenvalue weighted by Gasteiger charge is -2.20. The number of anilines is 2. The predicted molar refractivity (Wildman–Crippen MR) is 103 cm³/mol. The summed E-state index contributed by atoms with van der Waals surface area (Å²) in [6.45, 7) is 0.122. The van der Waals surface area contributed by atoms with E-state index in [1.165, 1.54) is 10.4 Å². The summed E-state index contributed by atoms with van der Waals surface area (Å²) in [5.41, 5.74) is 0.774. The number of rotatable bonds is 3. The minimum absolute atomic E-state index is 0.122. The van der Waals surface area contributed by atoms with Gasteiger partial charge in [-0.25, -0.2) is 8.42 Å². The fourth-order valence-corrected chi connectivity index (χ4v) is 3.95. The number of hydrogen-bond donors (Lipinski definition) is 1. The Balaban J connectivity index is 1.87. The number of amides is 1. The standard InChI is InChI=1S/C17H16Cl2N2O4S/c1-26(23,24)21-9-8-16(25-15-5-3-2-4-14(15)21)17(22)20-13-10-11(18)6-7-12(13)19/h2-7,10,16H,8-9H2,1H3,(H,20,22). The van der Waals surface area contributed by atoms with Gasteiger partial charge in [-0.15, -0.1) is 0 Å². The molecule has 3 rings (SSSR count). The van der Waals surface area contributed by atoms with Gasteiger partial charge < -0.3 is 10.1 Å². The molecule has 0 bridgehead atoms. The molecule has 0 aliphatic carbocycles. The second-order valence-corrected chi connectivity index (χ2v) is 8.56. The van der Waals surface area contributed by atoms with Crippen molar-refractivity contribution in [3.63, 3.8) is 0 Å². The second-order valence-electron chi connectivity index (χ2n) is 5.81. The molecule has 0 fully saturated rings. The van der Waals surface area contributed by atoms with Crippen LogP contribution in [0.1, 0.15) is 6.42 Å². The minimum atomic E-state index is -3.50. The van der Waals surface area contributed by atoms with Crippen molar-refractivity contribution in [2.75, 3.05) is 22.4 Å². The Hall–Kier alpha value is -1.96. The van der Waals surface area contributed by atoms with Gasteiger partial charge in [-0.2, -0.15) is 0 Å². The van der Waals surface area contributed by atoms with E-state index in [1.807, 2.05) is 0 Å². The Morgan fingerprint density at radius 1 is 1.23 bits per heavy atom. The van der Waals surface area contributed by atoms with E-state index in [1.54, 1.807) is 36.4 Å². The average molecular weight is 415 g/mol. The van der Waals surface area contributed by atoms with Gasteiger partial charge >= 0.3 is 0 Å². The third kappa shape index (κ3) is 4.06. The molecule has 0 saturated heterocycles. The summed E-state index contributed by atoms with van der Waals surface area (Å²) >= 11 is 12.0. The molecule has 1 atom stereocenters. The van der Waals surface area contributed by atoms with Crippen molar-refractivity contribution in [1.82, 2.24) is 0 Å². The van der Waals surface area contributed by atoms with Crippen LogP contribution in [0, 0.1) is 0 Å². The van der Waals surface area contributed by atoms with Crippen LogP contribution in [0.4, 0.5) is 11.4 Å². The number of nitrogens with one attached hydrogen (secondary N) is 1. The zero-order valence-corrected chi connectivity index (χ0v) is 16.1. The number of benzene rings is 2. The van der Waals surface area contributed by atoms with Crippen LogP contribution in [0.3, 0.4) is 0 Å². The molecular formula is C17H16Cl2N2O4S. The molecule has 1 unspecified atom stereocenters. The number of para-hydroxylation sites is 2. The van der Waals surface area contributed by atoms with Gasteiger partial charge in [0, 0.05) is 18.0 Å². The highest BCUT2D eigenvalue weighted by Gasteiger charge is 2.31. The van der Waals surface area contributed by atoms with Gasteiger partial charge in [0.05, 0.1) is 22.7 Å². The molecular weight excluding hydrogens is 399 g/mol. The van der Waals surface area contributed by atoms with Crippen molar-refractivity contribution in [1.29, 1.82) is 0 Å². The molecule has 1 aliphatic rings. The van der Waals surface area contributed by atoms with Crippen LogP contribution >= 0.6 is 23.2 Å². The van der Waals surface area contributed by atoms with Crippen molar-refractivity contribution in [3.05, 3.63) is 52.5 Å². The summed E-state index contributed by atoms with van der Waals surface area (Å²) in [4.78, 5) is 12.6. The van der Waals surface area contributed by atoms with E-state index in [2.05, 4.69) is 5.32 Å². The van der Waals surface area contributed by atoms with Gasteiger partial charge in [-0.3, -0.25) is 9.10 Å². The summed E-state index contributed by atoms with van der Waals surface area (Å²) in [5.74, 6) is -0.105. The maximum absolute atomic E-state index is 12.6. The number of nitrogens with zero attached hydrogens (tertiary/aromatic N) is 1. The number of hydrogen-bond acceptors (Lipinski definition) is 4. The Morgan fingerprint density at radius 2 is 1.96 bits per heavy atom. The van der Waals surface area contributed by atoms with Crippen LogP contribution in [-0.4, -0.2) is 33.2 Å². The van der Waals surface area contributed by atoms with Crippen LogP contribution in [0.2, 0.25) is 10.0 Å². The molecule has 1 heterocycles. The van der Waals surface area contributed by atoms with E-state index in [0.717, 1.165) is 6.26 Å². The third-order valence-corrected chi connectivity index (χ3v) is 5.62. The predicted octanol–water partition coefficient (Wildman–Crippen LogP) is 3.55. The molecule has 1 aliphatic heterocycles. The van der Waals surface area contributed by atoms with E-state index in [-0.39, 0.29) is 13.0 Å². The highest BCUT2D eigenvalue weighted by Crippen LogP contribution is 2.34. The smallest absolute Gasteiger partial charge is 0.265 e. The first-order chi connectivity index (χ1) is 12.3. The van der Waals surface area contributed by atoms with Crippen molar-refractivity contribution < 1.29 is 17.9 Å². The van der Waals surface area contributed by atoms with Gasteiger partial charge in [-0.1, -0.05) is 35.3 Å². The molecule has 26 heavy (non-hydrogen) atoms. The van der Waals surface area contributed by atoms with Crippen LogP contribution in [0.15, 0.2) is 42.5 Å². The summed E-state index contributed by atoms with van der Waals surface area (Å²) in [6, 6.07) is 11.4. The summed E-state index contributed by atoms with van der Waals surface area (Å²) < 4.78 is 31.2. The molecule has 9 heteroatoms. The SMILES string of the molecule is CS(=O)(=O)N1CCC(C(=O)Nc2cc(Cl)ccc2Cl)Oc2ccccc21. The van der Waals surface area contributed by atoms with Crippen LogP contribution in [-0.2, 0) is 14.8 Å². The molecule has 138 valence electrons. The molecule has 0 aromatic heterocycles. The number of carbonyl (C=O) groups is 1. The molecule has 1 N–H and O–H groups in total. The van der Waals surface area contributed by atoms with Crippen molar-refractivity contribution in [2.45, 2.75) is 12.5 Å². The summed E-state index contributed by atoms with van der Waals surface area (Å²) in [5, 5.41) is 3.46. The molecule has 0 radical (unpaired) electrons. The number of halogens is 2. The normalized spacial score (nSPS) is 17.0. The first-order valence-electron chi connectivity index (χ1n) is 7.75. The van der Waals surface area contributed by atoms with Gasteiger partial charge in [-0.05, 0) is 30.3 Å². The number of ether oxygens (including phenoxy) is 1. The first-order valence-corrected chi connectivity index (χ1v) is 10.4. The van der Waals surface area contributed by atoms with E-state index in [4.69, 9.17) is 27.9 Å². The maximum atomic E-state index is 12.6. The Morgan fingerprint density at radius 3 is 2.69 bits per heavy atom. The van der Waals surface area contributed by atoms with E-state index in [9.17, 15) is 13.2 Å². The lowest BCUT2D eigenvalue weighted by Crippen LogP contribution is -2.36. The molecule has 0 spiro atoms. The van der Waals surface area contributed by atoms with E-state index >= 15 is 0 Å². The van der Waals surface area contributed by atoms with Crippen molar-refractivity contribution >= 4 is 50.5 Å². The molecule has 2 aromatic rings. The van der Waals surface area contributed by atoms with Gasteiger partial charge in [0.25, 0.3) is 5.91 Å². The van der Waals surface area contributed by atoms with Crippen LogP contribution < -0.4 is 14.4 Å². The number of sulfonamides is 1. The Labute approximate surface area is 161 Å². The lowest BCUT2D eigenvalue weighted by atomic mass is 10.2. The number of carbonyl (C=O) groups excluding carboxylic acids is 1. The zero-order chi connectivity index (χ0) is 18.9. The fourth-order valence-electron chi connectivity index (χ4n) is 2.67. The summed E-state index contributed by atoms with van der Waals surface area (Å²) in [7, 11) is -3.50. The lowest BCUT2D eigenvalue weighted by molar-refractivity contribution is -0.122. The van der Waals surface area contributed by atoms with Crippen LogP contribution in [0.5, 0.6) is 5.75 Å². The van der Waals surface area contributed by atoms with Gasteiger partial charge in [0.15, 0.2) is 6.10 Å². The quantitative estimate of drug-likeness (QED) is 0.832. The molecule has 6 nitrogen and oxygen atoms in total. The average Bonchev–Trinajstić information content (AvgIpc) is 2.77. The van der Waals surface area contributed by atoms with Crippen molar-refractivity contribution in [3.8, 4) is 5.75 Å². The van der Waals surface area contributed by atoms with Crippen molar-refractivity contribution in [2.24, 2.45) is 0 Å². The molecule has 1 amide bonds. The zero-order valence-electron chi connectivity index (χ0n) is 13.8. The summed E-state index contributed by atoms with van der Waals surface area (Å²) in [6.07, 6.45) is 0.430. The topological polar surface area (TPSA) is 75.7 Å². The molecule has 2 aromatic carbocycles. The Kier molecular flexibility index (Phi) is 5.32. The monoisotopic (exact) mass is 414 g/mol. The van der Waals surface area contributed by atoms with E-state index in [0.29, 0.717) is 27.2 Å². The maximum Gasteiger partial charge on any atom is 0.265 e.